The second-order valence-electron chi connectivity index (χ2n) is 6.16. The first-order chi connectivity index (χ1) is 10.8. The van der Waals surface area contributed by atoms with E-state index in [1.165, 1.54) is 0 Å². The second-order valence-corrected chi connectivity index (χ2v) is 6.57. The maximum atomic E-state index is 11.9. The van der Waals surface area contributed by atoms with E-state index >= 15 is 0 Å². The lowest BCUT2D eigenvalue weighted by atomic mass is 9.96. The number of anilines is 1. The summed E-state index contributed by atoms with van der Waals surface area (Å²) in [6, 6.07) is 11.0. The monoisotopic (exact) mass is 332 g/mol. The Bertz CT molecular complexity index is 699. The number of nitrogens with one attached hydrogen (secondary N) is 2. The Morgan fingerprint density at radius 3 is 2.35 bits per heavy atom. The van der Waals surface area contributed by atoms with Crippen molar-refractivity contribution >= 4 is 28.9 Å². The molecule has 0 aliphatic carbocycles. The summed E-state index contributed by atoms with van der Waals surface area (Å²) in [6.07, 6.45) is 0. The molecule has 0 radical (unpaired) electrons. The molecule has 0 atom stereocenters. The van der Waals surface area contributed by atoms with Crippen LogP contribution in [-0.2, 0) is 11.4 Å². The number of benzene rings is 1. The van der Waals surface area contributed by atoms with Crippen molar-refractivity contribution in [1.82, 2.24) is 5.32 Å². The van der Waals surface area contributed by atoms with Crippen LogP contribution in [0.1, 0.15) is 26.5 Å². The van der Waals surface area contributed by atoms with Crippen LogP contribution in [0.4, 0.5) is 5.69 Å². The molecule has 0 fully saturated rings. The standard InChI is InChI=1S/C17H20N2O3S/c1-17(2,3)15(21)19-16(23)18-12-6-4-11(5-7-12)14-9-8-13(10-20)22-14/h4-9,20H,10H2,1-3H3,(H2,18,19,21,23). The molecule has 23 heavy (non-hydrogen) atoms. The summed E-state index contributed by atoms with van der Waals surface area (Å²) in [5.74, 6) is 1.07. The van der Waals surface area contributed by atoms with Gasteiger partial charge in [-0.05, 0) is 48.6 Å². The molecule has 2 rings (SSSR count). The van der Waals surface area contributed by atoms with Crippen LogP contribution in [0.15, 0.2) is 40.8 Å². The summed E-state index contributed by atoms with van der Waals surface area (Å²) < 4.78 is 5.48. The highest BCUT2D eigenvalue weighted by molar-refractivity contribution is 7.80. The number of rotatable bonds is 3. The zero-order chi connectivity index (χ0) is 17.0. The molecule has 0 saturated heterocycles. The van der Waals surface area contributed by atoms with Gasteiger partial charge in [-0.1, -0.05) is 20.8 Å². The fourth-order valence-corrected chi connectivity index (χ4v) is 2.00. The van der Waals surface area contributed by atoms with Gasteiger partial charge in [0.05, 0.1) is 0 Å². The number of carbonyl (C=O) groups excluding carboxylic acids is 1. The highest BCUT2D eigenvalue weighted by Gasteiger charge is 2.21. The van der Waals surface area contributed by atoms with Crippen LogP contribution in [0.25, 0.3) is 11.3 Å². The highest BCUT2D eigenvalue weighted by Crippen LogP contribution is 2.24. The maximum absolute atomic E-state index is 11.9. The molecule has 0 spiro atoms. The van der Waals surface area contributed by atoms with Crippen LogP contribution in [-0.4, -0.2) is 16.1 Å². The summed E-state index contributed by atoms with van der Waals surface area (Å²) in [7, 11) is 0. The second kappa shape index (κ2) is 6.93. The van der Waals surface area contributed by atoms with Gasteiger partial charge < -0.3 is 20.2 Å². The Kier molecular flexibility index (Phi) is 5.18. The normalized spacial score (nSPS) is 11.1. The van der Waals surface area contributed by atoms with E-state index in [0.717, 1.165) is 11.3 Å². The van der Waals surface area contributed by atoms with Gasteiger partial charge in [-0.2, -0.15) is 0 Å². The molecule has 0 aliphatic rings. The molecule has 5 nitrogen and oxygen atoms in total. The third kappa shape index (κ3) is 4.64. The van der Waals surface area contributed by atoms with E-state index in [1.54, 1.807) is 6.07 Å². The number of thiocarbonyl (C=S) groups is 1. The third-order valence-corrected chi connectivity index (χ3v) is 3.36. The number of aliphatic hydroxyl groups is 1. The van der Waals surface area contributed by atoms with E-state index < -0.39 is 5.41 Å². The Morgan fingerprint density at radius 2 is 1.83 bits per heavy atom. The molecule has 1 aromatic heterocycles. The van der Waals surface area contributed by atoms with Gasteiger partial charge in [-0.3, -0.25) is 4.79 Å². The first-order valence-electron chi connectivity index (χ1n) is 7.22. The predicted molar refractivity (Wildman–Crippen MR) is 93.9 cm³/mol. The molecule has 0 bridgehead atoms. The van der Waals surface area contributed by atoms with Crippen molar-refractivity contribution in [3.8, 4) is 11.3 Å². The number of carbonyl (C=O) groups is 1. The Hall–Kier alpha value is -2.18. The summed E-state index contributed by atoms with van der Waals surface area (Å²) in [4.78, 5) is 11.9. The maximum Gasteiger partial charge on any atom is 0.231 e. The molecule has 122 valence electrons. The molecular weight excluding hydrogens is 312 g/mol. The van der Waals surface area contributed by atoms with Gasteiger partial charge in [-0.15, -0.1) is 0 Å². The average molecular weight is 332 g/mol. The van der Waals surface area contributed by atoms with E-state index in [1.807, 2.05) is 51.1 Å². The van der Waals surface area contributed by atoms with Gasteiger partial charge in [0.15, 0.2) is 5.11 Å². The first-order valence-corrected chi connectivity index (χ1v) is 7.63. The lowest BCUT2D eigenvalue weighted by Crippen LogP contribution is -2.41. The van der Waals surface area contributed by atoms with Crippen LogP contribution in [0.2, 0.25) is 0 Å². The molecule has 2 aromatic rings. The lowest BCUT2D eigenvalue weighted by molar-refractivity contribution is -0.126. The van der Waals surface area contributed by atoms with Crippen molar-refractivity contribution < 1.29 is 14.3 Å². The minimum atomic E-state index is -0.501. The van der Waals surface area contributed by atoms with Crippen LogP contribution < -0.4 is 10.6 Å². The minimum Gasteiger partial charge on any atom is -0.459 e. The zero-order valence-corrected chi connectivity index (χ0v) is 14.2. The number of hydrogen-bond acceptors (Lipinski definition) is 4. The number of furan rings is 1. The molecule has 1 amide bonds. The van der Waals surface area contributed by atoms with E-state index in [-0.39, 0.29) is 17.6 Å². The summed E-state index contributed by atoms with van der Waals surface area (Å²) in [6.45, 7) is 5.35. The molecule has 1 heterocycles. The minimum absolute atomic E-state index is 0.124. The zero-order valence-electron chi connectivity index (χ0n) is 13.3. The Balaban J connectivity index is 2.00. The molecular formula is C17H20N2O3S. The number of aliphatic hydroxyl groups excluding tert-OH is 1. The smallest absolute Gasteiger partial charge is 0.231 e. The fourth-order valence-electron chi connectivity index (χ4n) is 1.79. The van der Waals surface area contributed by atoms with E-state index in [4.69, 9.17) is 21.7 Å². The summed E-state index contributed by atoms with van der Waals surface area (Å²) in [5, 5.41) is 14.9. The van der Waals surface area contributed by atoms with Crippen LogP contribution >= 0.6 is 12.2 Å². The lowest BCUT2D eigenvalue weighted by Gasteiger charge is -2.18. The Labute approximate surface area is 140 Å². The SMILES string of the molecule is CC(C)(C)C(=O)NC(=S)Nc1ccc(-c2ccc(CO)o2)cc1. The van der Waals surface area contributed by atoms with Gasteiger partial charge in [0.25, 0.3) is 0 Å². The average Bonchev–Trinajstić information content (AvgIpc) is 2.96. The van der Waals surface area contributed by atoms with Crippen molar-refractivity contribution in [2.45, 2.75) is 27.4 Å². The van der Waals surface area contributed by atoms with E-state index in [2.05, 4.69) is 10.6 Å². The van der Waals surface area contributed by atoms with Gasteiger partial charge in [0.1, 0.15) is 18.1 Å². The Morgan fingerprint density at radius 1 is 1.17 bits per heavy atom. The number of hydrogen-bond donors (Lipinski definition) is 3. The van der Waals surface area contributed by atoms with Crippen molar-refractivity contribution in [3.05, 3.63) is 42.2 Å². The van der Waals surface area contributed by atoms with Crippen molar-refractivity contribution in [2.75, 3.05) is 5.32 Å². The largest absolute Gasteiger partial charge is 0.459 e. The molecule has 0 unspecified atom stereocenters. The highest BCUT2D eigenvalue weighted by atomic mass is 32.1. The van der Waals surface area contributed by atoms with Crippen molar-refractivity contribution in [1.29, 1.82) is 0 Å². The quantitative estimate of drug-likeness (QED) is 0.752. The van der Waals surface area contributed by atoms with Crippen molar-refractivity contribution in [3.63, 3.8) is 0 Å². The third-order valence-electron chi connectivity index (χ3n) is 3.15. The predicted octanol–water partition coefficient (Wildman–Crippen LogP) is 3.30. The molecule has 6 heteroatoms. The first kappa shape index (κ1) is 17.2. The molecule has 0 aliphatic heterocycles. The number of amides is 1. The molecule has 3 N–H and O–H groups in total. The summed E-state index contributed by atoms with van der Waals surface area (Å²) >= 11 is 5.14. The van der Waals surface area contributed by atoms with Crippen LogP contribution in [0.3, 0.4) is 0 Å². The van der Waals surface area contributed by atoms with Crippen LogP contribution in [0.5, 0.6) is 0 Å². The molecule has 1 aromatic carbocycles. The fraction of sp³-hybridized carbons (Fsp3) is 0.294. The summed E-state index contributed by atoms with van der Waals surface area (Å²) in [5.41, 5.74) is 1.15. The van der Waals surface area contributed by atoms with Gasteiger partial charge in [0.2, 0.25) is 5.91 Å². The van der Waals surface area contributed by atoms with E-state index in [9.17, 15) is 4.79 Å². The molecule has 0 saturated carbocycles. The van der Waals surface area contributed by atoms with Gasteiger partial charge in [-0.25, -0.2) is 0 Å². The van der Waals surface area contributed by atoms with E-state index in [0.29, 0.717) is 11.5 Å². The van der Waals surface area contributed by atoms with Gasteiger partial charge in [0, 0.05) is 16.7 Å². The topological polar surface area (TPSA) is 74.5 Å². The van der Waals surface area contributed by atoms with Crippen LogP contribution in [0, 0.1) is 5.41 Å². The van der Waals surface area contributed by atoms with Gasteiger partial charge >= 0.3 is 0 Å². The van der Waals surface area contributed by atoms with Crippen molar-refractivity contribution in [2.24, 2.45) is 5.41 Å².